The quantitative estimate of drug-likeness (QED) is 0.519. The van der Waals surface area contributed by atoms with E-state index in [1.54, 1.807) is 13.8 Å². The molecule has 1 aliphatic heterocycles. The molecule has 92 valence electrons. The molecule has 0 aromatic rings. The molecule has 1 unspecified atom stereocenters. The van der Waals surface area contributed by atoms with Gasteiger partial charge in [0.05, 0.1) is 19.3 Å². The lowest BCUT2D eigenvalue weighted by Gasteiger charge is -2.19. The van der Waals surface area contributed by atoms with E-state index in [0.717, 1.165) is 6.42 Å². The molecule has 0 radical (unpaired) electrons. The van der Waals surface area contributed by atoms with Gasteiger partial charge < -0.3 is 14.2 Å². The van der Waals surface area contributed by atoms with E-state index in [9.17, 15) is 9.59 Å². The summed E-state index contributed by atoms with van der Waals surface area (Å²) in [6, 6.07) is 0. The molecule has 1 heterocycles. The fraction of sp³-hybridized carbons (Fsp3) is 0.818. The predicted octanol–water partition coefficient (Wildman–Crippen LogP) is 0.908. The second kappa shape index (κ2) is 6.48. The third-order valence-electron chi connectivity index (χ3n) is 2.42. The van der Waals surface area contributed by atoms with Crippen LogP contribution in [0.2, 0.25) is 0 Å². The summed E-state index contributed by atoms with van der Waals surface area (Å²) in [5.41, 5.74) is 0. The van der Waals surface area contributed by atoms with Gasteiger partial charge in [0.25, 0.3) is 0 Å². The number of carbonyl (C=O) groups excluding carboxylic acids is 2. The summed E-state index contributed by atoms with van der Waals surface area (Å²) in [6.45, 7) is 4.49. The molecule has 0 spiro atoms. The second-order valence-corrected chi connectivity index (χ2v) is 3.53. The molecule has 1 rings (SSSR count). The third kappa shape index (κ3) is 3.20. The van der Waals surface area contributed by atoms with Crippen LogP contribution in [-0.2, 0) is 23.8 Å². The molecule has 0 N–H and O–H groups in total. The van der Waals surface area contributed by atoms with Crippen molar-refractivity contribution in [3.05, 3.63) is 0 Å². The van der Waals surface area contributed by atoms with Gasteiger partial charge in [0, 0.05) is 6.61 Å². The fourth-order valence-electron chi connectivity index (χ4n) is 1.73. The second-order valence-electron chi connectivity index (χ2n) is 3.53. The van der Waals surface area contributed by atoms with Gasteiger partial charge in [-0.15, -0.1) is 0 Å². The molecule has 5 nitrogen and oxygen atoms in total. The van der Waals surface area contributed by atoms with Crippen molar-refractivity contribution in [3.63, 3.8) is 0 Å². The van der Waals surface area contributed by atoms with Crippen LogP contribution in [-0.4, -0.2) is 37.9 Å². The summed E-state index contributed by atoms with van der Waals surface area (Å²) in [4.78, 5) is 23.3. The third-order valence-corrected chi connectivity index (χ3v) is 2.42. The van der Waals surface area contributed by atoms with Crippen molar-refractivity contribution in [2.75, 3.05) is 19.8 Å². The zero-order valence-electron chi connectivity index (χ0n) is 9.73. The number of hydrogen-bond acceptors (Lipinski definition) is 5. The Morgan fingerprint density at radius 3 is 2.19 bits per heavy atom. The monoisotopic (exact) mass is 230 g/mol. The summed E-state index contributed by atoms with van der Waals surface area (Å²) in [5, 5.41) is 0. The molecule has 0 aromatic carbocycles. The number of rotatable bonds is 5. The SMILES string of the molecule is CCOC(=O)C(C(=O)OCC)C1CCCO1. The highest BCUT2D eigenvalue weighted by Gasteiger charge is 2.39. The van der Waals surface area contributed by atoms with Crippen LogP contribution in [0.1, 0.15) is 26.7 Å². The maximum absolute atomic E-state index is 11.6. The van der Waals surface area contributed by atoms with E-state index in [4.69, 9.17) is 14.2 Å². The first-order valence-electron chi connectivity index (χ1n) is 5.65. The molecule has 0 aliphatic carbocycles. The molecular formula is C11H18O5. The first kappa shape index (κ1) is 13.0. The lowest BCUT2D eigenvalue weighted by Crippen LogP contribution is -2.37. The minimum Gasteiger partial charge on any atom is -0.465 e. The van der Waals surface area contributed by atoms with Crippen LogP contribution in [0.3, 0.4) is 0 Å². The Kier molecular flexibility index (Phi) is 5.25. The summed E-state index contributed by atoms with van der Waals surface area (Å²) in [7, 11) is 0. The van der Waals surface area contributed by atoms with Crippen LogP contribution in [0.15, 0.2) is 0 Å². The Morgan fingerprint density at radius 2 is 1.81 bits per heavy atom. The lowest BCUT2D eigenvalue weighted by atomic mass is 10.0. The first-order valence-corrected chi connectivity index (χ1v) is 5.65. The van der Waals surface area contributed by atoms with Crippen molar-refractivity contribution in [1.82, 2.24) is 0 Å². The molecule has 1 fully saturated rings. The lowest BCUT2D eigenvalue weighted by molar-refractivity contribution is -0.167. The van der Waals surface area contributed by atoms with Crippen molar-refractivity contribution in [1.29, 1.82) is 0 Å². The molecule has 0 aromatic heterocycles. The largest absolute Gasteiger partial charge is 0.465 e. The molecule has 0 saturated carbocycles. The summed E-state index contributed by atoms with van der Waals surface area (Å²) in [6.07, 6.45) is 1.17. The Labute approximate surface area is 95.0 Å². The topological polar surface area (TPSA) is 61.8 Å². The predicted molar refractivity (Wildman–Crippen MR) is 55.7 cm³/mol. The van der Waals surface area contributed by atoms with Crippen LogP contribution >= 0.6 is 0 Å². The van der Waals surface area contributed by atoms with Crippen molar-refractivity contribution in [2.45, 2.75) is 32.8 Å². The van der Waals surface area contributed by atoms with Crippen LogP contribution in [0.4, 0.5) is 0 Å². The Morgan fingerprint density at radius 1 is 1.25 bits per heavy atom. The van der Waals surface area contributed by atoms with Gasteiger partial charge in [-0.25, -0.2) is 0 Å². The van der Waals surface area contributed by atoms with E-state index in [-0.39, 0.29) is 13.2 Å². The van der Waals surface area contributed by atoms with Crippen molar-refractivity contribution >= 4 is 11.9 Å². The number of esters is 2. The highest BCUT2D eigenvalue weighted by molar-refractivity contribution is 5.95. The zero-order valence-corrected chi connectivity index (χ0v) is 9.73. The summed E-state index contributed by atoms with van der Waals surface area (Å²) < 4.78 is 15.1. The van der Waals surface area contributed by atoms with Crippen LogP contribution in [0.25, 0.3) is 0 Å². The van der Waals surface area contributed by atoms with Gasteiger partial charge >= 0.3 is 11.9 Å². The van der Waals surface area contributed by atoms with Gasteiger partial charge in [0.1, 0.15) is 0 Å². The molecule has 0 amide bonds. The van der Waals surface area contributed by atoms with Gasteiger partial charge in [0.2, 0.25) is 0 Å². The molecule has 0 bridgehead atoms. The van der Waals surface area contributed by atoms with Gasteiger partial charge in [-0.3, -0.25) is 9.59 Å². The zero-order chi connectivity index (χ0) is 12.0. The van der Waals surface area contributed by atoms with E-state index < -0.39 is 24.0 Å². The average molecular weight is 230 g/mol. The average Bonchev–Trinajstić information content (AvgIpc) is 2.72. The number of ether oxygens (including phenoxy) is 3. The van der Waals surface area contributed by atoms with E-state index in [0.29, 0.717) is 13.0 Å². The summed E-state index contributed by atoms with van der Waals surface area (Å²) in [5.74, 6) is -2.02. The van der Waals surface area contributed by atoms with Crippen LogP contribution < -0.4 is 0 Å². The van der Waals surface area contributed by atoms with Gasteiger partial charge in [-0.1, -0.05) is 0 Å². The maximum Gasteiger partial charge on any atom is 0.323 e. The minimum atomic E-state index is -0.928. The van der Waals surface area contributed by atoms with Crippen molar-refractivity contribution < 1.29 is 23.8 Å². The molecule has 1 atom stereocenters. The van der Waals surface area contributed by atoms with Gasteiger partial charge in [-0.05, 0) is 26.7 Å². The van der Waals surface area contributed by atoms with Gasteiger partial charge in [-0.2, -0.15) is 0 Å². The molecule has 1 aliphatic rings. The number of hydrogen-bond donors (Lipinski definition) is 0. The number of carbonyl (C=O) groups is 2. The normalized spacial score (nSPS) is 19.8. The molecule has 1 saturated heterocycles. The highest BCUT2D eigenvalue weighted by atomic mass is 16.6. The van der Waals surface area contributed by atoms with Crippen LogP contribution in [0.5, 0.6) is 0 Å². The Hall–Kier alpha value is -1.10. The Bertz CT molecular complexity index is 227. The minimum absolute atomic E-state index is 0.251. The van der Waals surface area contributed by atoms with E-state index >= 15 is 0 Å². The van der Waals surface area contributed by atoms with E-state index in [2.05, 4.69) is 0 Å². The highest BCUT2D eigenvalue weighted by Crippen LogP contribution is 2.22. The maximum atomic E-state index is 11.6. The van der Waals surface area contributed by atoms with Crippen LogP contribution in [0, 0.1) is 5.92 Å². The molecule has 16 heavy (non-hydrogen) atoms. The molecule has 5 heteroatoms. The van der Waals surface area contributed by atoms with E-state index in [1.807, 2.05) is 0 Å². The summed E-state index contributed by atoms with van der Waals surface area (Å²) >= 11 is 0. The Balaban J connectivity index is 2.67. The molecular weight excluding hydrogens is 212 g/mol. The van der Waals surface area contributed by atoms with Crippen molar-refractivity contribution in [3.8, 4) is 0 Å². The first-order chi connectivity index (χ1) is 7.70. The fourth-order valence-corrected chi connectivity index (χ4v) is 1.73. The smallest absolute Gasteiger partial charge is 0.323 e. The van der Waals surface area contributed by atoms with E-state index in [1.165, 1.54) is 0 Å². The van der Waals surface area contributed by atoms with Crippen molar-refractivity contribution in [2.24, 2.45) is 5.92 Å². The standard InChI is InChI=1S/C11H18O5/c1-3-14-10(12)9(11(13)15-4-2)8-6-5-7-16-8/h8-9H,3-7H2,1-2H3. The van der Waals surface area contributed by atoms with Gasteiger partial charge in [0.15, 0.2) is 5.92 Å².